The van der Waals surface area contributed by atoms with E-state index in [1.807, 2.05) is 47.4 Å². The summed E-state index contributed by atoms with van der Waals surface area (Å²) >= 11 is 0. The average molecular weight is 458 g/mol. The van der Waals surface area contributed by atoms with Gasteiger partial charge in [0.1, 0.15) is 0 Å². The summed E-state index contributed by atoms with van der Waals surface area (Å²) in [5.74, 6) is -0.362. The molecule has 0 radical (unpaired) electrons. The number of carbonyl (C=O) groups excluding carboxylic acids is 2. The van der Waals surface area contributed by atoms with Crippen LogP contribution in [0.3, 0.4) is 0 Å². The molecule has 0 bridgehead atoms. The Balaban J connectivity index is 1.38. The average Bonchev–Trinajstić information content (AvgIpc) is 2.84. The van der Waals surface area contributed by atoms with Crippen LogP contribution in [0.4, 0.5) is 0 Å². The van der Waals surface area contributed by atoms with Gasteiger partial charge in [-0.2, -0.15) is 0 Å². The van der Waals surface area contributed by atoms with Crippen molar-refractivity contribution in [3.8, 4) is 11.1 Å². The summed E-state index contributed by atoms with van der Waals surface area (Å²) in [4.78, 5) is 29.2. The third-order valence-corrected chi connectivity index (χ3v) is 6.40. The molecule has 1 aliphatic rings. The van der Waals surface area contributed by atoms with Crippen LogP contribution in [0.25, 0.3) is 11.1 Å². The van der Waals surface area contributed by atoms with E-state index < -0.39 is 5.91 Å². The van der Waals surface area contributed by atoms with E-state index in [0.717, 1.165) is 41.9 Å². The van der Waals surface area contributed by atoms with Crippen LogP contribution in [0.15, 0.2) is 78.9 Å². The van der Waals surface area contributed by atoms with Gasteiger partial charge in [-0.05, 0) is 48.2 Å². The van der Waals surface area contributed by atoms with Crippen LogP contribution >= 0.6 is 0 Å². The largest absolute Gasteiger partial charge is 0.334 e. The molecule has 0 unspecified atom stereocenters. The SMILES string of the molecule is C[C@H]1CN(Cc2ccc(C(=O)NO)cc2)C[C@H](C)N1C(=O)Cc1cccc(-c2ccccc2)c1. The van der Waals surface area contributed by atoms with E-state index in [0.29, 0.717) is 12.0 Å². The second-order valence-electron chi connectivity index (χ2n) is 9.07. The first-order valence-corrected chi connectivity index (χ1v) is 11.7. The molecule has 2 amide bonds. The molecule has 0 spiro atoms. The number of nitrogens with one attached hydrogen (secondary N) is 1. The molecule has 2 N–H and O–H groups in total. The van der Waals surface area contributed by atoms with Crippen molar-refractivity contribution in [2.24, 2.45) is 0 Å². The van der Waals surface area contributed by atoms with Crippen molar-refractivity contribution in [1.82, 2.24) is 15.3 Å². The zero-order valence-electron chi connectivity index (χ0n) is 19.6. The van der Waals surface area contributed by atoms with Crippen LogP contribution in [0.5, 0.6) is 0 Å². The van der Waals surface area contributed by atoms with Crippen LogP contribution in [0, 0.1) is 0 Å². The third kappa shape index (κ3) is 5.53. The van der Waals surface area contributed by atoms with E-state index in [1.54, 1.807) is 17.6 Å². The molecule has 0 aliphatic carbocycles. The van der Waals surface area contributed by atoms with E-state index in [2.05, 4.69) is 43.0 Å². The molecule has 0 aromatic heterocycles. The summed E-state index contributed by atoms with van der Waals surface area (Å²) < 4.78 is 0. The van der Waals surface area contributed by atoms with E-state index in [-0.39, 0.29) is 18.0 Å². The molecule has 6 nitrogen and oxygen atoms in total. The van der Waals surface area contributed by atoms with Crippen LogP contribution in [-0.4, -0.2) is 52.0 Å². The van der Waals surface area contributed by atoms with Gasteiger partial charge in [-0.25, -0.2) is 5.48 Å². The Hall–Kier alpha value is -3.48. The van der Waals surface area contributed by atoms with Crippen molar-refractivity contribution in [3.05, 3.63) is 95.6 Å². The summed E-state index contributed by atoms with van der Waals surface area (Å²) in [7, 11) is 0. The molecule has 1 heterocycles. The Labute approximate surface area is 200 Å². The van der Waals surface area contributed by atoms with Gasteiger partial charge in [0.2, 0.25) is 5.91 Å². The Bertz CT molecular complexity index is 1120. The molecule has 1 saturated heterocycles. The molecule has 3 aromatic rings. The summed E-state index contributed by atoms with van der Waals surface area (Å²) in [5, 5.41) is 8.77. The van der Waals surface area contributed by atoms with Crippen molar-refractivity contribution in [2.45, 2.75) is 38.9 Å². The first-order valence-electron chi connectivity index (χ1n) is 11.7. The predicted octanol–water partition coefficient (Wildman–Crippen LogP) is 4.14. The topological polar surface area (TPSA) is 72.9 Å². The third-order valence-electron chi connectivity index (χ3n) is 6.40. The molecular formula is C28H31N3O3. The maximum Gasteiger partial charge on any atom is 0.274 e. The molecular weight excluding hydrogens is 426 g/mol. The number of piperazine rings is 1. The van der Waals surface area contributed by atoms with Gasteiger partial charge in [0.05, 0.1) is 6.42 Å². The van der Waals surface area contributed by atoms with E-state index in [9.17, 15) is 9.59 Å². The number of carbonyl (C=O) groups is 2. The zero-order chi connectivity index (χ0) is 24.1. The highest BCUT2D eigenvalue weighted by molar-refractivity contribution is 5.93. The number of hydrogen-bond donors (Lipinski definition) is 2. The number of benzene rings is 3. The summed E-state index contributed by atoms with van der Waals surface area (Å²) in [6, 6.07) is 25.9. The van der Waals surface area contributed by atoms with Gasteiger partial charge in [-0.1, -0.05) is 66.7 Å². The van der Waals surface area contributed by atoms with Crippen molar-refractivity contribution in [1.29, 1.82) is 0 Å². The Morgan fingerprint density at radius 3 is 2.15 bits per heavy atom. The highest BCUT2D eigenvalue weighted by atomic mass is 16.5. The minimum atomic E-state index is -0.518. The Morgan fingerprint density at radius 2 is 1.50 bits per heavy atom. The van der Waals surface area contributed by atoms with Gasteiger partial charge in [-0.15, -0.1) is 0 Å². The molecule has 34 heavy (non-hydrogen) atoms. The van der Waals surface area contributed by atoms with Crippen LogP contribution in [-0.2, 0) is 17.8 Å². The van der Waals surface area contributed by atoms with Crippen molar-refractivity contribution < 1.29 is 14.8 Å². The molecule has 0 saturated carbocycles. The van der Waals surface area contributed by atoms with Gasteiger partial charge in [-0.3, -0.25) is 19.7 Å². The molecule has 4 rings (SSSR count). The fraction of sp³-hybridized carbons (Fsp3) is 0.286. The second kappa shape index (κ2) is 10.6. The molecule has 1 fully saturated rings. The summed E-state index contributed by atoms with van der Waals surface area (Å²) in [6.45, 7) is 6.54. The Kier molecular flexibility index (Phi) is 7.40. The maximum absolute atomic E-state index is 13.3. The minimum Gasteiger partial charge on any atom is -0.334 e. The molecule has 2 atom stereocenters. The fourth-order valence-electron chi connectivity index (χ4n) is 4.89. The zero-order valence-corrected chi connectivity index (χ0v) is 19.6. The monoisotopic (exact) mass is 457 g/mol. The second-order valence-corrected chi connectivity index (χ2v) is 9.07. The Morgan fingerprint density at radius 1 is 0.853 bits per heavy atom. The number of rotatable bonds is 6. The smallest absolute Gasteiger partial charge is 0.274 e. The normalized spacial score (nSPS) is 18.5. The van der Waals surface area contributed by atoms with Gasteiger partial charge >= 0.3 is 0 Å². The number of hydroxylamine groups is 1. The van der Waals surface area contributed by atoms with Crippen molar-refractivity contribution in [3.63, 3.8) is 0 Å². The van der Waals surface area contributed by atoms with Gasteiger partial charge in [0.25, 0.3) is 5.91 Å². The van der Waals surface area contributed by atoms with Gasteiger partial charge in [0.15, 0.2) is 0 Å². The van der Waals surface area contributed by atoms with Crippen molar-refractivity contribution >= 4 is 11.8 Å². The van der Waals surface area contributed by atoms with Gasteiger partial charge in [0, 0.05) is 37.3 Å². The fourth-order valence-corrected chi connectivity index (χ4v) is 4.89. The van der Waals surface area contributed by atoms with E-state index in [4.69, 9.17) is 5.21 Å². The first-order chi connectivity index (χ1) is 16.4. The quantitative estimate of drug-likeness (QED) is 0.431. The van der Waals surface area contributed by atoms with Crippen LogP contribution < -0.4 is 5.48 Å². The minimum absolute atomic E-state index is 0.105. The van der Waals surface area contributed by atoms with E-state index >= 15 is 0 Å². The lowest BCUT2D eigenvalue weighted by atomic mass is 10.00. The maximum atomic E-state index is 13.3. The molecule has 6 heteroatoms. The number of nitrogens with zero attached hydrogens (tertiary/aromatic N) is 2. The van der Waals surface area contributed by atoms with Crippen molar-refractivity contribution in [2.75, 3.05) is 13.1 Å². The molecule has 176 valence electrons. The van der Waals surface area contributed by atoms with E-state index in [1.165, 1.54) is 0 Å². The predicted molar refractivity (Wildman–Crippen MR) is 132 cm³/mol. The highest BCUT2D eigenvalue weighted by Gasteiger charge is 2.32. The van der Waals surface area contributed by atoms with Crippen LogP contribution in [0.1, 0.15) is 35.3 Å². The number of amides is 2. The van der Waals surface area contributed by atoms with Crippen LogP contribution in [0.2, 0.25) is 0 Å². The molecule has 3 aromatic carbocycles. The summed E-state index contributed by atoms with van der Waals surface area (Å²) in [6.07, 6.45) is 0.393. The standard InChI is InChI=1S/C28H31N3O3/c1-20-17-30(19-22-11-13-25(14-12-22)28(33)29-34)18-21(2)31(20)27(32)16-23-7-6-10-26(15-23)24-8-4-3-5-9-24/h3-15,20-21,34H,16-19H2,1-2H3,(H,29,33)/t20-,21-/m0/s1. The highest BCUT2D eigenvalue weighted by Crippen LogP contribution is 2.23. The lowest BCUT2D eigenvalue weighted by Gasteiger charge is -2.44. The van der Waals surface area contributed by atoms with Gasteiger partial charge < -0.3 is 4.90 Å². The number of hydrogen-bond acceptors (Lipinski definition) is 4. The lowest BCUT2D eigenvalue weighted by molar-refractivity contribution is -0.138. The first kappa shape index (κ1) is 23.7. The lowest BCUT2D eigenvalue weighted by Crippen LogP contribution is -2.58. The summed E-state index contributed by atoms with van der Waals surface area (Å²) in [5.41, 5.74) is 6.46. The molecule has 1 aliphatic heterocycles.